The number of benzene rings is 2. The van der Waals surface area contributed by atoms with Gasteiger partial charge in [0, 0.05) is 91.5 Å². The minimum absolute atomic E-state index is 0.0799. The number of carbonyl (C=O) groups is 2. The largest absolute Gasteiger partial charge is 0.369 e. The molecule has 1 aromatic heterocycles. The molecule has 1 N–H and O–H groups in total. The SMILES string of the molecule is O=C(NN1CCN(c2ccncc2)CC1)C(CN(Br)S(=O)(=O)c1ccc2ccccc2c1)C(=O)N1CCSCC1. The summed E-state index contributed by atoms with van der Waals surface area (Å²) in [6, 6.07) is 16.3. The molecule has 2 fully saturated rings. The molecule has 3 heterocycles. The van der Waals surface area contributed by atoms with Gasteiger partial charge in [-0.15, -0.1) is 3.33 Å². The maximum atomic E-state index is 13.6. The Bertz CT molecular complexity index is 1450. The van der Waals surface area contributed by atoms with Crippen molar-refractivity contribution in [2.45, 2.75) is 4.90 Å². The van der Waals surface area contributed by atoms with Crippen LogP contribution in [0.5, 0.6) is 0 Å². The third kappa shape index (κ3) is 6.60. The Morgan fingerprint density at radius 1 is 0.950 bits per heavy atom. The van der Waals surface area contributed by atoms with Gasteiger partial charge in [0.15, 0.2) is 0 Å². The van der Waals surface area contributed by atoms with Crippen LogP contribution in [0.15, 0.2) is 71.9 Å². The summed E-state index contributed by atoms with van der Waals surface area (Å²) in [6.45, 7) is 3.21. The second-order valence-electron chi connectivity index (χ2n) is 9.63. The quantitative estimate of drug-likeness (QED) is 0.294. The van der Waals surface area contributed by atoms with Gasteiger partial charge in [0.05, 0.1) is 4.90 Å². The second kappa shape index (κ2) is 12.9. The smallest absolute Gasteiger partial charge is 0.252 e. The number of piperazine rings is 1. The van der Waals surface area contributed by atoms with Crippen molar-refractivity contribution in [1.82, 2.24) is 23.6 Å². The number of halogens is 1. The van der Waals surface area contributed by atoms with E-state index in [1.54, 1.807) is 46.2 Å². The Labute approximate surface area is 247 Å². The summed E-state index contributed by atoms with van der Waals surface area (Å²) in [5.41, 5.74) is 3.95. The van der Waals surface area contributed by atoms with Gasteiger partial charge in [-0.1, -0.05) is 30.3 Å². The van der Waals surface area contributed by atoms with Gasteiger partial charge in [0.25, 0.3) is 10.0 Å². The predicted octanol–water partition coefficient (Wildman–Crippen LogP) is 2.58. The number of pyridine rings is 1. The number of anilines is 1. The zero-order chi connectivity index (χ0) is 28.1. The van der Waals surface area contributed by atoms with Crippen LogP contribution in [0.2, 0.25) is 0 Å². The van der Waals surface area contributed by atoms with Crippen LogP contribution in [0.1, 0.15) is 0 Å². The van der Waals surface area contributed by atoms with Gasteiger partial charge >= 0.3 is 0 Å². The zero-order valence-electron chi connectivity index (χ0n) is 21.9. The van der Waals surface area contributed by atoms with Crippen molar-refractivity contribution < 1.29 is 18.0 Å². The molecular formula is C27H31BrN6O4S2. The van der Waals surface area contributed by atoms with Crippen LogP contribution in [-0.2, 0) is 19.6 Å². The van der Waals surface area contributed by atoms with Gasteiger partial charge in [-0.2, -0.15) is 11.8 Å². The predicted molar refractivity (Wildman–Crippen MR) is 160 cm³/mol. The summed E-state index contributed by atoms with van der Waals surface area (Å²) >= 11 is 4.94. The van der Waals surface area contributed by atoms with Gasteiger partial charge < -0.3 is 9.80 Å². The van der Waals surface area contributed by atoms with Gasteiger partial charge in [0.2, 0.25) is 11.8 Å². The Kier molecular flexibility index (Phi) is 9.26. The molecule has 2 saturated heterocycles. The highest BCUT2D eigenvalue weighted by molar-refractivity contribution is 9.08. The Morgan fingerprint density at radius 2 is 1.62 bits per heavy atom. The lowest BCUT2D eigenvalue weighted by Crippen LogP contribution is -2.57. The van der Waals surface area contributed by atoms with E-state index in [1.807, 2.05) is 36.4 Å². The lowest BCUT2D eigenvalue weighted by atomic mass is 10.1. The molecule has 2 aliphatic heterocycles. The molecule has 10 nitrogen and oxygen atoms in total. The van der Waals surface area contributed by atoms with E-state index >= 15 is 0 Å². The van der Waals surface area contributed by atoms with Crippen molar-refractivity contribution in [3.63, 3.8) is 0 Å². The number of amides is 2. The molecular weight excluding hydrogens is 616 g/mol. The molecule has 2 aromatic carbocycles. The maximum Gasteiger partial charge on any atom is 0.252 e. The average Bonchev–Trinajstić information content (AvgIpc) is 3.00. The summed E-state index contributed by atoms with van der Waals surface area (Å²) in [4.78, 5) is 35.1. The molecule has 0 spiro atoms. The molecule has 1 atom stereocenters. The van der Waals surface area contributed by atoms with Crippen molar-refractivity contribution in [1.29, 1.82) is 0 Å². The number of aromatic nitrogens is 1. The lowest BCUT2D eigenvalue weighted by Gasteiger charge is -2.37. The maximum absolute atomic E-state index is 13.6. The molecule has 0 radical (unpaired) electrons. The molecule has 212 valence electrons. The second-order valence-corrected chi connectivity index (χ2v) is 14.0. The van der Waals surface area contributed by atoms with Crippen LogP contribution in [0.4, 0.5) is 5.69 Å². The first kappa shape index (κ1) is 28.8. The van der Waals surface area contributed by atoms with Gasteiger partial charge in [0.1, 0.15) is 5.92 Å². The third-order valence-corrected chi connectivity index (χ3v) is 11.0. The molecule has 2 amide bonds. The number of fused-ring (bicyclic) bond motifs is 1. The van der Waals surface area contributed by atoms with Gasteiger partial charge in [-0.05, 0) is 35.0 Å². The van der Waals surface area contributed by atoms with Gasteiger partial charge in [-0.3, -0.25) is 20.0 Å². The lowest BCUT2D eigenvalue weighted by molar-refractivity contribution is -0.144. The zero-order valence-corrected chi connectivity index (χ0v) is 25.1. The van der Waals surface area contributed by atoms with Crippen LogP contribution in [0.25, 0.3) is 10.8 Å². The number of hydrazine groups is 1. The Morgan fingerprint density at radius 3 is 2.33 bits per heavy atom. The fourth-order valence-electron chi connectivity index (χ4n) is 4.83. The molecule has 0 aliphatic carbocycles. The summed E-state index contributed by atoms with van der Waals surface area (Å²) < 4.78 is 27.9. The van der Waals surface area contributed by atoms with Gasteiger partial charge in [-0.25, -0.2) is 13.4 Å². The van der Waals surface area contributed by atoms with E-state index in [0.717, 1.165) is 31.3 Å². The summed E-state index contributed by atoms with van der Waals surface area (Å²) in [5, 5.41) is 3.50. The fraction of sp³-hybridized carbons (Fsp3) is 0.370. The van der Waals surface area contributed by atoms with E-state index in [9.17, 15) is 18.0 Å². The molecule has 0 bridgehead atoms. The van der Waals surface area contributed by atoms with E-state index in [-0.39, 0.29) is 17.3 Å². The minimum Gasteiger partial charge on any atom is -0.369 e. The number of nitrogens with zero attached hydrogens (tertiary/aromatic N) is 5. The number of rotatable bonds is 8. The van der Waals surface area contributed by atoms with E-state index in [0.29, 0.717) is 39.3 Å². The van der Waals surface area contributed by atoms with E-state index < -0.39 is 21.8 Å². The van der Waals surface area contributed by atoms with E-state index in [4.69, 9.17) is 0 Å². The Hall–Kier alpha value is -2.71. The van der Waals surface area contributed by atoms with Crippen LogP contribution in [-0.4, -0.2) is 95.8 Å². The first-order valence-electron chi connectivity index (χ1n) is 13.1. The molecule has 0 saturated carbocycles. The average molecular weight is 648 g/mol. The number of sulfonamides is 1. The highest BCUT2D eigenvalue weighted by atomic mass is 79.9. The standard InChI is InChI=1S/C27H31BrN6O4S2/c28-34(40(37,38)24-6-5-21-3-1-2-4-22(21)19-24)20-25(27(36)32-15-17-39-18-16-32)26(35)30-33-13-11-31(12-14-33)23-7-9-29-10-8-23/h1-10,19,25H,11-18,20H2,(H,30,35). The minimum atomic E-state index is -4.02. The summed E-state index contributed by atoms with van der Waals surface area (Å²) in [6.07, 6.45) is 3.49. The fourth-order valence-corrected chi connectivity index (χ4v) is 7.61. The number of hydrogen-bond acceptors (Lipinski definition) is 8. The summed E-state index contributed by atoms with van der Waals surface area (Å²) in [5.74, 6) is -0.532. The number of carbonyl (C=O) groups excluding carboxylic acids is 2. The van der Waals surface area contributed by atoms with E-state index in [2.05, 4.69) is 31.5 Å². The van der Waals surface area contributed by atoms with Crippen LogP contribution >= 0.6 is 27.9 Å². The molecule has 3 aromatic rings. The first-order valence-corrected chi connectivity index (χ1v) is 16.4. The van der Waals surface area contributed by atoms with Crippen molar-refractivity contribution in [3.8, 4) is 0 Å². The van der Waals surface area contributed by atoms with Crippen LogP contribution in [0.3, 0.4) is 0 Å². The molecule has 2 aliphatic rings. The monoisotopic (exact) mass is 646 g/mol. The number of hydrogen-bond donors (Lipinski definition) is 1. The first-order chi connectivity index (χ1) is 19.3. The number of nitrogens with one attached hydrogen (secondary N) is 1. The van der Waals surface area contributed by atoms with Crippen molar-refractivity contribution in [2.24, 2.45) is 5.92 Å². The highest BCUT2D eigenvalue weighted by Crippen LogP contribution is 2.26. The Balaban J connectivity index is 1.30. The molecule has 5 rings (SSSR count). The topological polar surface area (TPSA) is 106 Å². The number of thioether (sulfide) groups is 1. The molecule has 1 unspecified atom stereocenters. The van der Waals surface area contributed by atoms with Crippen molar-refractivity contribution in [2.75, 3.05) is 62.2 Å². The molecule has 40 heavy (non-hydrogen) atoms. The van der Waals surface area contributed by atoms with Crippen molar-refractivity contribution >= 4 is 66.2 Å². The normalized spacial score (nSPS) is 17.6. The van der Waals surface area contributed by atoms with Crippen molar-refractivity contribution in [3.05, 3.63) is 67.0 Å². The molecule has 13 heteroatoms. The van der Waals surface area contributed by atoms with Crippen LogP contribution < -0.4 is 10.3 Å². The highest BCUT2D eigenvalue weighted by Gasteiger charge is 2.37. The van der Waals surface area contributed by atoms with Crippen LogP contribution in [0, 0.1) is 5.92 Å². The van der Waals surface area contributed by atoms with E-state index in [1.165, 1.54) is 6.07 Å². The third-order valence-electron chi connectivity index (χ3n) is 7.12. The summed E-state index contributed by atoms with van der Waals surface area (Å²) in [7, 11) is -4.02.